The minimum Gasteiger partial charge on any atom is -0.340 e. The molecular formula is C10H21ClN4O. The van der Waals surface area contributed by atoms with E-state index in [4.69, 9.17) is 17.3 Å². The number of alkyl halides is 1. The van der Waals surface area contributed by atoms with E-state index in [2.05, 4.69) is 10.6 Å². The van der Waals surface area contributed by atoms with E-state index >= 15 is 0 Å². The lowest BCUT2D eigenvalue weighted by molar-refractivity contribution is -0.127. The van der Waals surface area contributed by atoms with Gasteiger partial charge in [-0.1, -0.05) is 0 Å². The lowest BCUT2D eigenvalue weighted by Gasteiger charge is -2.15. The number of hydrogen-bond acceptors (Lipinski definition) is 4. The molecule has 0 aromatic carbocycles. The number of halogens is 1. The van der Waals surface area contributed by atoms with Gasteiger partial charge in [0, 0.05) is 52.2 Å². The van der Waals surface area contributed by atoms with Crippen molar-refractivity contribution < 1.29 is 4.79 Å². The highest BCUT2D eigenvalue weighted by atomic mass is 35.5. The molecule has 1 unspecified atom stereocenters. The van der Waals surface area contributed by atoms with Gasteiger partial charge < -0.3 is 21.3 Å². The highest BCUT2D eigenvalue weighted by Crippen LogP contribution is 2.15. The van der Waals surface area contributed by atoms with Crippen LogP contribution in [0, 0.1) is 0 Å². The number of carbonyl (C=O) groups is 1. The van der Waals surface area contributed by atoms with Crippen LogP contribution < -0.4 is 16.4 Å². The summed E-state index contributed by atoms with van der Waals surface area (Å²) in [5.74, 6) is 0.169. The Morgan fingerprint density at radius 1 is 1.31 bits per heavy atom. The molecule has 1 aliphatic rings. The average Bonchev–Trinajstić information content (AvgIpc) is 2.56. The topological polar surface area (TPSA) is 70.4 Å². The van der Waals surface area contributed by atoms with Crippen molar-refractivity contribution in [3.63, 3.8) is 0 Å². The van der Waals surface area contributed by atoms with Gasteiger partial charge in [0.05, 0.1) is 5.38 Å². The molecule has 0 saturated carbocycles. The zero-order valence-electron chi connectivity index (χ0n) is 9.54. The maximum absolute atomic E-state index is 11.4. The molecule has 4 N–H and O–H groups in total. The number of nitrogens with zero attached hydrogens (tertiary/aromatic N) is 1. The van der Waals surface area contributed by atoms with Crippen molar-refractivity contribution in [1.29, 1.82) is 0 Å². The summed E-state index contributed by atoms with van der Waals surface area (Å²) >= 11 is 5.89. The molecule has 1 amide bonds. The van der Waals surface area contributed by atoms with Gasteiger partial charge in [-0.05, 0) is 0 Å². The fourth-order valence-electron chi connectivity index (χ4n) is 1.68. The molecule has 0 aliphatic carbocycles. The van der Waals surface area contributed by atoms with Crippen LogP contribution in [0.1, 0.15) is 6.42 Å². The number of nitrogens with one attached hydrogen (secondary N) is 2. The van der Waals surface area contributed by atoms with E-state index in [0.29, 0.717) is 19.5 Å². The van der Waals surface area contributed by atoms with Crippen LogP contribution in [0.15, 0.2) is 0 Å². The molecule has 5 nitrogen and oxygen atoms in total. The summed E-state index contributed by atoms with van der Waals surface area (Å²) in [4.78, 5) is 13.2. The molecule has 1 aliphatic heterocycles. The van der Waals surface area contributed by atoms with Crippen molar-refractivity contribution in [1.82, 2.24) is 15.5 Å². The summed E-state index contributed by atoms with van der Waals surface area (Å²) in [6.07, 6.45) is 0.486. The van der Waals surface area contributed by atoms with Gasteiger partial charge in [0.15, 0.2) is 0 Å². The summed E-state index contributed by atoms with van der Waals surface area (Å²) in [5.41, 5.74) is 5.34. The first-order valence-corrected chi connectivity index (χ1v) is 6.21. The van der Waals surface area contributed by atoms with E-state index in [0.717, 1.165) is 32.7 Å². The lowest BCUT2D eigenvalue weighted by atomic mass is 10.4. The van der Waals surface area contributed by atoms with Crippen LogP contribution in [0.4, 0.5) is 0 Å². The van der Waals surface area contributed by atoms with Gasteiger partial charge in [0.1, 0.15) is 0 Å². The Morgan fingerprint density at radius 2 is 2.00 bits per heavy atom. The number of hydrogen-bond donors (Lipinski definition) is 3. The van der Waals surface area contributed by atoms with E-state index in [1.54, 1.807) is 0 Å². The van der Waals surface area contributed by atoms with Gasteiger partial charge in [-0.25, -0.2) is 0 Å². The molecule has 1 saturated heterocycles. The fourth-order valence-corrected chi connectivity index (χ4v) is 1.98. The van der Waals surface area contributed by atoms with Crippen molar-refractivity contribution in [3.8, 4) is 0 Å². The van der Waals surface area contributed by atoms with Crippen molar-refractivity contribution in [3.05, 3.63) is 0 Å². The van der Waals surface area contributed by atoms with Crippen LogP contribution in [-0.2, 0) is 4.79 Å². The third-order valence-electron chi connectivity index (χ3n) is 2.53. The zero-order valence-corrected chi connectivity index (χ0v) is 10.3. The first-order chi connectivity index (χ1) is 7.74. The first kappa shape index (κ1) is 13.7. The molecule has 1 rings (SSSR count). The maximum Gasteiger partial charge on any atom is 0.224 e. The van der Waals surface area contributed by atoms with E-state index < -0.39 is 0 Å². The van der Waals surface area contributed by atoms with Gasteiger partial charge in [-0.15, -0.1) is 11.6 Å². The summed E-state index contributed by atoms with van der Waals surface area (Å²) in [7, 11) is 0. The van der Waals surface area contributed by atoms with E-state index in [1.165, 1.54) is 0 Å². The number of likely N-dealkylation sites (tertiary alicyclic amines) is 1. The minimum absolute atomic E-state index is 0.00118. The summed E-state index contributed by atoms with van der Waals surface area (Å²) < 4.78 is 0. The van der Waals surface area contributed by atoms with Gasteiger partial charge in [-0.2, -0.15) is 0 Å². The van der Waals surface area contributed by atoms with Crippen LogP contribution in [0.25, 0.3) is 0 Å². The quantitative estimate of drug-likeness (QED) is 0.379. The van der Waals surface area contributed by atoms with E-state index in [1.807, 2.05) is 4.90 Å². The SMILES string of the molecule is NCCNCCNCCN1CC(Cl)CC1=O. The maximum atomic E-state index is 11.4. The lowest BCUT2D eigenvalue weighted by Crippen LogP contribution is -2.36. The smallest absolute Gasteiger partial charge is 0.224 e. The molecular weight excluding hydrogens is 228 g/mol. The molecule has 94 valence electrons. The Bertz CT molecular complexity index is 215. The fraction of sp³-hybridized carbons (Fsp3) is 0.900. The van der Waals surface area contributed by atoms with Gasteiger partial charge in [-0.3, -0.25) is 4.79 Å². The number of amides is 1. The van der Waals surface area contributed by atoms with Crippen LogP contribution in [0.5, 0.6) is 0 Å². The Morgan fingerprint density at radius 3 is 2.56 bits per heavy atom. The highest BCUT2D eigenvalue weighted by molar-refractivity contribution is 6.22. The van der Waals surface area contributed by atoms with Gasteiger partial charge in [0.25, 0.3) is 0 Å². The predicted octanol–water partition coefficient (Wildman–Crippen LogP) is -1.04. The van der Waals surface area contributed by atoms with Gasteiger partial charge >= 0.3 is 0 Å². The molecule has 0 aromatic rings. The Labute approximate surface area is 102 Å². The van der Waals surface area contributed by atoms with Crippen LogP contribution in [-0.4, -0.2) is 62.0 Å². The van der Waals surface area contributed by atoms with Crippen molar-refractivity contribution in [2.24, 2.45) is 5.73 Å². The number of nitrogens with two attached hydrogens (primary N) is 1. The number of carbonyl (C=O) groups excluding carboxylic acids is 1. The minimum atomic E-state index is -0.00118. The molecule has 1 heterocycles. The van der Waals surface area contributed by atoms with Crippen molar-refractivity contribution >= 4 is 17.5 Å². The van der Waals surface area contributed by atoms with Crippen molar-refractivity contribution in [2.45, 2.75) is 11.8 Å². The zero-order chi connectivity index (χ0) is 11.8. The van der Waals surface area contributed by atoms with Gasteiger partial charge in [0.2, 0.25) is 5.91 Å². The number of rotatable bonds is 8. The molecule has 1 fully saturated rings. The van der Waals surface area contributed by atoms with Crippen LogP contribution in [0.3, 0.4) is 0 Å². The summed E-state index contributed by atoms with van der Waals surface area (Å²) in [6, 6.07) is 0. The molecule has 1 atom stereocenters. The molecule has 0 bridgehead atoms. The van der Waals surface area contributed by atoms with Crippen molar-refractivity contribution in [2.75, 3.05) is 45.8 Å². The molecule has 16 heavy (non-hydrogen) atoms. The Hall–Kier alpha value is -0.360. The highest BCUT2D eigenvalue weighted by Gasteiger charge is 2.26. The van der Waals surface area contributed by atoms with E-state index in [-0.39, 0.29) is 11.3 Å². The molecule has 0 radical (unpaired) electrons. The Kier molecular flexibility index (Phi) is 6.71. The third-order valence-corrected chi connectivity index (χ3v) is 2.82. The second kappa shape index (κ2) is 7.84. The standard InChI is InChI=1S/C10H21ClN4O/c11-9-7-10(16)15(8-9)6-5-14-4-3-13-2-1-12/h9,13-14H,1-8,12H2. The largest absolute Gasteiger partial charge is 0.340 e. The average molecular weight is 249 g/mol. The summed E-state index contributed by atoms with van der Waals surface area (Å²) in [5, 5.41) is 6.46. The predicted molar refractivity (Wildman–Crippen MR) is 65.6 cm³/mol. The molecule has 6 heteroatoms. The first-order valence-electron chi connectivity index (χ1n) is 5.77. The monoisotopic (exact) mass is 248 g/mol. The normalized spacial score (nSPS) is 20.8. The van der Waals surface area contributed by atoms with E-state index in [9.17, 15) is 4.79 Å². The molecule has 0 aromatic heterocycles. The van der Waals surface area contributed by atoms with Crippen LogP contribution in [0.2, 0.25) is 0 Å². The second-order valence-electron chi connectivity index (χ2n) is 3.93. The third kappa shape index (κ3) is 5.12. The second-order valence-corrected chi connectivity index (χ2v) is 4.55. The van der Waals surface area contributed by atoms with Crippen LogP contribution >= 0.6 is 11.6 Å². The Balaban J connectivity index is 1.93. The summed E-state index contributed by atoms with van der Waals surface area (Å²) in [6.45, 7) is 5.57. The molecule has 0 spiro atoms.